The van der Waals surface area contributed by atoms with E-state index < -0.39 is 51.0 Å². The highest BCUT2D eigenvalue weighted by Gasteiger charge is 2.50. The minimum atomic E-state index is -4.65. The quantitative estimate of drug-likeness (QED) is 0.262. The second-order valence-corrected chi connectivity index (χ2v) is 7.84. The van der Waals surface area contributed by atoms with Crippen LogP contribution in [0.5, 0.6) is 0 Å². The minimum absolute atomic E-state index is 0.0655. The SMILES string of the molecule is C[C@H](OS(=O)(=O)O)[C@H](O)C[S@@+]1C[C@@H](O)[C@H](O)[C@H]1CO. The van der Waals surface area contributed by atoms with Crippen molar-refractivity contribution in [2.45, 2.75) is 36.6 Å². The summed E-state index contributed by atoms with van der Waals surface area (Å²) in [5.74, 6) is 0.290. The zero-order valence-corrected chi connectivity index (χ0v) is 11.9. The zero-order chi connectivity index (χ0) is 14.8. The molecule has 114 valence electrons. The molecule has 6 atom stereocenters. The lowest BCUT2D eigenvalue weighted by Gasteiger charge is -2.18. The van der Waals surface area contributed by atoms with Crippen molar-refractivity contribution >= 4 is 21.3 Å². The van der Waals surface area contributed by atoms with Crippen LogP contribution in [0, 0.1) is 0 Å². The topological polar surface area (TPSA) is 145 Å². The Hall–Kier alpha value is 0.0600. The van der Waals surface area contributed by atoms with Crippen molar-refractivity contribution in [3.8, 4) is 0 Å². The molecule has 1 aliphatic heterocycles. The standard InChI is InChI=1S/C9H18O8S2/c1-5(17-19(14,15)16)6(11)3-18-4-7(12)9(13)8(18)2-10/h5-13H,2-4H2,1H3/p+1/t5-,6+,7+,8+,9-,18-/m0/s1. The van der Waals surface area contributed by atoms with Gasteiger partial charge in [-0.05, 0) is 6.92 Å². The summed E-state index contributed by atoms with van der Waals surface area (Å²) in [6, 6.07) is 0. The highest BCUT2D eigenvalue weighted by molar-refractivity contribution is 7.97. The first-order valence-corrected chi connectivity index (χ1v) is 8.62. The van der Waals surface area contributed by atoms with Gasteiger partial charge in [0.1, 0.15) is 35.9 Å². The van der Waals surface area contributed by atoms with E-state index in [2.05, 4.69) is 4.18 Å². The molecule has 0 aromatic rings. The monoisotopic (exact) mass is 319 g/mol. The molecule has 1 rings (SSSR count). The lowest BCUT2D eigenvalue weighted by atomic mass is 10.2. The molecule has 1 saturated heterocycles. The van der Waals surface area contributed by atoms with E-state index in [4.69, 9.17) is 9.66 Å². The van der Waals surface area contributed by atoms with Crippen LogP contribution in [0.25, 0.3) is 0 Å². The van der Waals surface area contributed by atoms with Gasteiger partial charge in [-0.15, -0.1) is 0 Å². The van der Waals surface area contributed by atoms with Gasteiger partial charge < -0.3 is 20.4 Å². The summed E-state index contributed by atoms with van der Waals surface area (Å²) in [7, 11) is -5.31. The van der Waals surface area contributed by atoms with E-state index in [0.29, 0.717) is 0 Å². The van der Waals surface area contributed by atoms with Gasteiger partial charge in [0, 0.05) is 10.9 Å². The lowest BCUT2D eigenvalue weighted by molar-refractivity contribution is 0.0324. The maximum absolute atomic E-state index is 10.5. The first kappa shape index (κ1) is 17.1. The molecule has 0 aromatic heterocycles. The van der Waals surface area contributed by atoms with Gasteiger partial charge in [-0.1, -0.05) is 0 Å². The van der Waals surface area contributed by atoms with Crippen molar-refractivity contribution in [2.75, 3.05) is 18.1 Å². The van der Waals surface area contributed by atoms with Gasteiger partial charge in [-0.25, -0.2) is 4.18 Å². The first-order chi connectivity index (χ1) is 8.65. The number of hydrogen-bond donors (Lipinski definition) is 5. The maximum Gasteiger partial charge on any atom is 0.397 e. The van der Waals surface area contributed by atoms with Crippen molar-refractivity contribution in [3.05, 3.63) is 0 Å². The molecule has 0 radical (unpaired) electrons. The van der Waals surface area contributed by atoms with E-state index in [9.17, 15) is 23.7 Å². The molecule has 1 aliphatic rings. The van der Waals surface area contributed by atoms with Crippen LogP contribution < -0.4 is 0 Å². The fraction of sp³-hybridized carbons (Fsp3) is 1.00. The van der Waals surface area contributed by atoms with Crippen molar-refractivity contribution in [2.24, 2.45) is 0 Å². The molecule has 0 unspecified atom stereocenters. The highest BCUT2D eigenvalue weighted by Crippen LogP contribution is 2.25. The number of rotatable bonds is 6. The van der Waals surface area contributed by atoms with Crippen molar-refractivity contribution in [1.29, 1.82) is 0 Å². The average molecular weight is 319 g/mol. The van der Waals surface area contributed by atoms with Crippen LogP contribution in [0.1, 0.15) is 6.92 Å². The van der Waals surface area contributed by atoms with E-state index >= 15 is 0 Å². The average Bonchev–Trinajstić information content (AvgIpc) is 2.51. The third-order valence-electron chi connectivity index (χ3n) is 2.97. The van der Waals surface area contributed by atoms with Gasteiger partial charge in [-0.2, -0.15) is 8.42 Å². The summed E-state index contributed by atoms with van der Waals surface area (Å²) < 4.78 is 33.8. The summed E-state index contributed by atoms with van der Waals surface area (Å²) in [4.78, 5) is 0. The summed E-state index contributed by atoms with van der Waals surface area (Å²) in [5.41, 5.74) is 0. The van der Waals surface area contributed by atoms with Gasteiger partial charge in [0.05, 0.1) is 6.61 Å². The Morgan fingerprint density at radius 1 is 1.42 bits per heavy atom. The number of hydrogen-bond acceptors (Lipinski definition) is 7. The second-order valence-electron chi connectivity index (χ2n) is 4.45. The molecule has 0 amide bonds. The van der Waals surface area contributed by atoms with Gasteiger partial charge in [0.15, 0.2) is 5.25 Å². The molecule has 19 heavy (non-hydrogen) atoms. The molecule has 1 fully saturated rings. The van der Waals surface area contributed by atoms with Gasteiger partial charge >= 0.3 is 10.4 Å². The molecule has 1 heterocycles. The largest absolute Gasteiger partial charge is 0.397 e. The Morgan fingerprint density at radius 2 is 2.00 bits per heavy atom. The summed E-state index contributed by atoms with van der Waals surface area (Å²) in [6.07, 6.45) is -4.38. The Kier molecular flexibility index (Phi) is 6.01. The normalized spacial score (nSPS) is 35.3. The molecule has 10 heteroatoms. The molecule has 0 aromatic carbocycles. The fourth-order valence-corrected chi connectivity index (χ4v) is 5.18. The fourth-order valence-electron chi connectivity index (χ4n) is 1.90. The van der Waals surface area contributed by atoms with Crippen LogP contribution in [0.4, 0.5) is 0 Å². The van der Waals surface area contributed by atoms with Crippen LogP contribution in [0.3, 0.4) is 0 Å². The van der Waals surface area contributed by atoms with Crippen LogP contribution in [0.2, 0.25) is 0 Å². The van der Waals surface area contributed by atoms with Crippen LogP contribution in [-0.4, -0.2) is 81.2 Å². The highest BCUT2D eigenvalue weighted by atomic mass is 32.3. The van der Waals surface area contributed by atoms with E-state index in [1.54, 1.807) is 0 Å². The van der Waals surface area contributed by atoms with E-state index in [1.165, 1.54) is 6.92 Å². The molecule has 0 aliphatic carbocycles. The second kappa shape index (κ2) is 6.68. The third kappa shape index (κ3) is 4.83. The van der Waals surface area contributed by atoms with E-state index in [0.717, 1.165) is 0 Å². The van der Waals surface area contributed by atoms with Gasteiger partial charge in [-0.3, -0.25) is 4.55 Å². The summed E-state index contributed by atoms with van der Waals surface area (Å²) in [6.45, 7) is 0.945. The van der Waals surface area contributed by atoms with Crippen molar-refractivity contribution < 1.29 is 37.6 Å². The van der Waals surface area contributed by atoms with Crippen molar-refractivity contribution in [1.82, 2.24) is 0 Å². The summed E-state index contributed by atoms with van der Waals surface area (Å²) >= 11 is 0. The number of aliphatic hydroxyl groups is 4. The van der Waals surface area contributed by atoms with Crippen molar-refractivity contribution in [3.63, 3.8) is 0 Å². The Labute approximate surface area is 114 Å². The molecule has 0 saturated carbocycles. The Balaban J connectivity index is 2.59. The first-order valence-electron chi connectivity index (χ1n) is 5.62. The number of aliphatic hydroxyl groups excluding tert-OH is 4. The maximum atomic E-state index is 10.5. The molecule has 8 nitrogen and oxygen atoms in total. The predicted molar refractivity (Wildman–Crippen MR) is 68.1 cm³/mol. The molecular weight excluding hydrogens is 300 g/mol. The third-order valence-corrected chi connectivity index (χ3v) is 6.34. The lowest BCUT2D eigenvalue weighted by Crippen LogP contribution is -2.40. The molecular formula is C9H19O8S2+. The summed E-state index contributed by atoms with van der Waals surface area (Å²) in [5, 5.41) is 37.5. The molecule has 5 N–H and O–H groups in total. The van der Waals surface area contributed by atoms with E-state index in [1.807, 2.05) is 0 Å². The molecule has 0 spiro atoms. The predicted octanol–water partition coefficient (Wildman–Crippen LogP) is -2.73. The van der Waals surface area contributed by atoms with Crippen LogP contribution in [-0.2, 0) is 25.5 Å². The molecule has 0 bridgehead atoms. The zero-order valence-electron chi connectivity index (χ0n) is 10.3. The Bertz CT molecular complexity index is 386. The Morgan fingerprint density at radius 3 is 2.47 bits per heavy atom. The van der Waals surface area contributed by atoms with E-state index in [-0.39, 0.29) is 18.1 Å². The van der Waals surface area contributed by atoms with Gasteiger partial charge in [0.2, 0.25) is 0 Å². The smallest absolute Gasteiger partial charge is 0.391 e. The van der Waals surface area contributed by atoms with Gasteiger partial charge in [0.25, 0.3) is 0 Å². The minimum Gasteiger partial charge on any atom is -0.391 e. The van der Waals surface area contributed by atoms with Crippen LogP contribution >= 0.6 is 0 Å². The van der Waals surface area contributed by atoms with Crippen LogP contribution in [0.15, 0.2) is 0 Å².